The smallest absolute Gasteiger partial charge is 0.326 e. The summed E-state index contributed by atoms with van der Waals surface area (Å²) in [5.74, 6) is -2.09. The largest absolute Gasteiger partial charge is 0.480 e. The predicted molar refractivity (Wildman–Crippen MR) is 143 cm³/mol. The number of aliphatic hydroxyl groups is 1. The fourth-order valence-electron chi connectivity index (χ4n) is 3.95. The molecule has 190 valence electrons. The molecule has 0 radical (unpaired) electrons. The van der Waals surface area contributed by atoms with E-state index in [0.29, 0.717) is 6.42 Å². The monoisotopic (exact) mass is 508 g/mol. The standard InChI is InChI=1S/C28H32N2O5S/c1-3-23(28(34)35)29-26(32)24(16-20-13-14-21-11-7-8-12-22(21)15-20)30-27(33)25(36-18(2)31)17-19-9-5-4-6-10-19/h4-15,18,23-25,31H,3,16-17H2,1-2H3,(H,29,32)(H,30,33)(H,34,35)/t18?,23-,24+,25?/m0/s1. The number of nitrogens with one attached hydrogen (secondary N) is 2. The maximum atomic E-state index is 13.4. The Hall–Kier alpha value is -3.36. The molecule has 2 amide bonds. The highest BCUT2D eigenvalue weighted by Crippen LogP contribution is 2.22. The highest BCUT2D eigenvalue weighted by Gasteiger charge is 2.29. The highest BCUT2D eigenvalue weighted by atomic mass is 32.2. The van der Waals surface area contributed by atoms with Gasteiger partial charge in [0.05, 0.1) is 10.7 Å². The van der Waals surface area contributed by atoms with Crippen LogP contribution in [0.2, 0.25) is 0 Å². The van der Waals surface area contributed by atoms with E-state index >= 15 is 0 Å². The van der Waals surface area contributed by atoms with Crippen molar-refractivity contribution in [3.63, 3.8) is 0 Å². The van der Waals surface area contributed by atoms with Gasteiger partial charge < -0.3 is 20.8 Å². The maximum Gasteiger partial charge on any atom is 0.326 e. The normalized spacial score (nSPS) is 14.4. The van der Waals surface area contributed by atoms with Crippen LogP contribution in [0.5, 0.6) is 0 Å². The Labute approximate surface area is 215 Å². The number of hydrogen-bond donors (Lipinski definition) is 4. The van der Waals surface area contributed by atoms with Gasteiger partial charge in [-0.2, -0.15) is 0 Å². The lowest BCUT2D eigenvalue weighted by Crippen LogP contribution is -2.54. The van der Waals surface area contributed by atoms with Crippen LogP contribution in [-0.2, 0) is 27.2 Å². The van der Waals surface area contributed by atoms with Crippen molar-refractivity contribution in [2.75, 3.05) is 0 Å². The van der Waals surface area contributed by atoms with E-state index in [1.807, 2.05) is 72.8 Å². The molecule has 3 rings (SSSR count). The van der Waals surface area contributed by atoms with Crippen molar-refractivity contribution < 1.29 is 24.6 Å². The highest BCUT2D eigenvalue weighted by molar-refractivity contribution is 8.01. The second kappa shape index (κ2) is 13.1. The van der Waals surface area contributed by atoms with Gasteiger partial charge in [0, 0.05) is 6.42 Å². The summed E-state index contributed by atoms with van der Waals surface area (Å²) in [7, 11) is 0. The molecule has 3 aromatic carbocycles. The summed E-state index contributed by atoms with van der Waals surface area (Å²) in [6.07, 6.45) is 0.779. The van der Waals surface area contributed by atoms with Gasteiger partial charge in [-0.3, -0.25) is 9.59 Å². The van der Waals surface area contributed by atoms with Crippen LogP contribution in [0.3, 0.4) is 0 Å². The predicted octanol–water partition coefficient (Wildman–Crippen LogP) is 3.53. The van der Waals surface area contributed by atoms with Gasteiger partial charge in [-0.25, -0.2) is 4.79 Å². The molecular weight excluding hydrogens is 476 g/mol. The van der Waals surface area contributed by atoms with E-state index < -0.39 is 40.6 Å². The van der Waals surface area contributed by atoms with Crippen molar-refractivity contribution >= 4 is 40.3 Å². The first-order valence-electron chi connectivity index (χ1n) is 12.0. The number of rotatable bonds is 12. The number of amides is 2. The number of thioether (sulfide) groups is 1. The summed E-state index contributed by atoms with van der Waals surface area (Å²) >= 11 is 1.11. The lowest BCUT2D eigenvalue weighted by molar-refractivity contribution is -0.142. The first kappa shape index (κ1) is 27.2. The minimum Gasteiger partial charge on any atom is -0.480 e. The van der Waals surface area contributed by atoms with Gasteiger partial charge in [-0.1, -0.05) is 79.7 Å². The maximum absolute atomic E-state index is 13.4. The summed E-state index contributed by atoms with van der Waals surface area (Å²) < 4.78 is 0. The Morgan fingerprint density at radius 3 is 2.08 bits per heavy atom. The molecular formula is C28H32N2O5S. The van der Waals surface area contributed by atoms with Crippen LogP contribution in [0.15, 0.2) is 72.8 Å². The van der Waals surface area contributed by atoms with Gasteiger partial charge in [0.25, 0.3) is 0 Å². The second-order valence-electron chi connectivity index (χ2n) is 8.67. The summed E-state index contributed by atoms with van der Waals surface area (Å²) in [6.45, 7) is 3.26. The molecule has 2 unspecified atom stereocenters. The molecule has 0 aliphatic rings. The molecule has 8 heteroatoms. The molecule has 0 saturated heterocycles. The zero-order valence-corrected chi connectivity index (χ0v) is 21.2. The molecule has 3 aromatic rings. The Morgan fingerprint density at radius 2 is 1.44 bits per heavy atom. The van der Waals surface area contributed by atoms with Crippen molar-refractivity contribution in [1.29, 1.82) is 0 Å². The van der Waals surface area contributed by atoms with Crippen molar-refractivity contribution in [2.24, 2.45) is 0 Å². The zero-order valence-electron chi connectivity index (χ0n) is 20.4. The van der Waals surface area contributed by atoms with Crippen molar-refractivity contribution in [2.45, 2.75) is 55.9 Å². The average Bonchev–Trinajstić information content (AvgIpc) is 2.86. The lowest BCUT2D eigenvalue weighted by atomic mass is 10.0. The third-order valence-corrected chi connectivity index (χ3v) is 6.93. The lowest BCUT2D eigenvalue weighted by Gasteiger charge is -2.24. The summed E-state index contributed by atoms with van der Waals surface area (Å²) in [5, 5.41) is 26.2. The van der Waals surface area contributed by atoms with Crippen molar-refractivity contribution in [1.82, 2.24) is 10.6 Å². The number of carboxylic acid groups (broad SMARTS) is 1. The van der Waals surface area contributed by atoms with Crippen molar-refractivity contribution in [3.05, 3.63) is 83.9 Å². The molecule has 4 N–H and O–H groups in total. The SMILES string of the molecule is CC[C@H](NC(=O)[C@@H](Cc1ccc2ccccc2c1)NC(=O)C(Cc1ccccc1)SC(C)O)C(=O)O. The number of fused-ring (bicyclic) bond motifs is 1. The van der Waals surface area contributed by atoms with E-state index in [-0.39, 0.29) is 12.8 Å². The second-order valence-corrected chi connectivity index (χ2v) is 10.2. The van der Waals surface area contributed by atoms with Crippen LogP contribution >= 0.6 is 11.8 Å². The van der Waals surface area contributed by atoms with E-state index in [0.717, 1.165) is 33.7 Å². The molecule has 0 aliphatic carbocycles. The topological polar surface area (TPSA) is 116 Å². The van der Waals surface area contributed by atoms with Gasteiger partial charge in [0.2, 0.25) is 11.8 Å². The van der Waals surface area contributed by atoms with Crippen LogP contribution in [0.1, 0.15) is 31.4 Å². The van der Waals surface area contributed by atoms with Crippen LogP contribution in [0.25, 0.3) is 10.8 Å². The first-order chi connectivity index (χ1) is 17.3. The van der Waals surface area contributed by atoms with Gasteiger partial charge in [0.1, 0.15) is 12.1 Å². The van der Waals surface area contributed by atoms with Gasteiger partial charge in [-0.15, -0.1) is 11.8 Å². The molecule has 0 aromatic heterocycles. The minimum absolute atomic E-state index is 0.190. The third-order valence-electron chi connectivity index (χ3n) is 5.83. The minimum atomic E-state index is -1.13. The summed E-state index contributed by atoms with van der Waals surface area (Å²) in [5.41, 5.74) is 0.979. The fourth-order valence-corrected chi connectivity index (χ4v) is 4.91. The number of aliphatic hydroxyl groups excluding tert-OH is 1. The molecule has 0 bridgehead atoms. The molecule has 0 saturated carbocycles. The van der Waals surface area contributed by atoms with E-state index in [1.54, 1.807) is 13.8 Å². The molecule has 0 spiro atoms. The number of hydrogen-bond acceptors (Lipinski definition) is 5. The molecule has 36 heavy (non-hydrogen) atoms. The number of carbonyl (C=O) groups excluding carboxylic acids is 2. The summed E-state index contributed by atoms with van der Waals surface area (Å²) in [4.78, 5) is 38.0. The Kier molecular flexibility index (Phi) is 9.90. The number of carboxylic acids is 1. The van der Waals surface area contributed by atoms with E-state index in [2.05, 4.69) is 10.6 Å². The van der Waals surface area contributed by atoms with Crippen LogP contribution in [0.4, 0.5) is 0 Å². The molecule has 0 aliphatic heterocycles. The average molecular weight is 509 g/mol. The van der Waals surface area contributed by atoms with E-state index in [9.17, 15) is 24.6 Å². The Bertz CT molecular complexity index is 1180. The first-order valence-corrected chi connectivity index (χ1v) is 12.9. The van der Waals surface area contributed by atoms with Crippen LogP contribution < -0.4 is 10.6 Å². The third kappa shape index (κ3) is 7.83. The molecule has 0 fully saturated rings. The van der Waals surface area contributed by atoms with Gasteiger partial charge >= 0.3 is 5.97 Å². The Balaban J connectivity index is 1.84. The number of benzene rings is 3. The van der Waals surface area contributed by atoms with Crippen LogP contribution in [0, 0.1) is 0 Å². The zero-order chi connectivity index (χ0) is 26.1. The van der Waals surface area contributed by atoms with Crippen LogP contribution in [-0.4, -0.2) is 50.8 Å². The quantitative estimate of drug-likeness (QED) is 0.278. The molecule has 0 heterocycles. The summed E-state index contributed by atoms with van der Waals surface area (Å²) in [6, 6.07) is 21.1. The Morgan fingerprint density at radius 1 is 0.806 bits per heavy atom. The van der Waals surface area contributed by atoms with Gasteiger partial charge in [-0.05, 0) is 41.7 Å². The fraction of sp³-hybridized carbons (Fsp3) is 0.321. The molecule has 4 atom stereocenters. The molecule has 7 nitrogen and oxygen atoms in total. The van der Waals surface area contributed by atoms with E-state index in [4.69, 9.17) is 0 Å². The number of carbonyl (C=O) groups is 3. The van der Waals surface area contributed by atoms with Crippen molar-refractivity contribution in [3.8, 4) is 0 Å². The van der Waals surface area contributed by atoms with Gasteiger partial charge in [0.15, 0.2) is 0 Å². The number of aliphatic carboxylic acids is 1. The van der Waals surface area contributed by atoms with E-state index in [1.165, 1.54) is 0 Å².